The van der Waals surface area contributed by atoms with E-state index in [-0.39, 0.29) is 23.8 Å². The van der Waals surface area contributed by atoms with Crippen LogP contribution in [0.15, 0.2) is 30.3 Å². The summed E-state index contributed by atoms with van der Waals surface area (Å²) in [5.74, 6) is 2.06. The lowest BCUT2D eigenvalue weighted by Gasteiger charge is -2.23. The fraction of sp³-hybridized carbons (Fsp3) is 0.458. The molecule has 182 valence electrons. The zero-order valence-corrected chi connectivity index (χ0v) is 19.5. The molecule has 0 amide bonds. The van der Waals surface area contributed by atoms with E-state index in [1.54, 1.807) is 33.3 Å². The smallest absolute Gasteiger partial charge is 0.433 e. The number of benzene rings is 1. The molecule has 2 aromatic heterocycles. The Kier molecular flexibility index (Phi) is 6.53. The third-order valence-corrected chi connectivity index (χ3v) is 6.25. The summed E-state index contributed by atoms with van der Waals surface area (Å²) in [5.41, 5.74) is -0.0827. The van der Waals surface area contributed by atoms with Crippen molar-refractivity contribution in [3.8, 4) is 11.5 Å². The number of nitrogens with zero attached hydrogens (tertiary/aromatic N) is 3. The fourth-order valence-corrected chi connectivity index (χ4v) is 3.87. The topological polar surface area (TPSA) is 78.4 Å². The zero-order valence-electron chi connectivity index (χ0n) is 19.5. The molecule has 34 heavy (non-hydrogen) atoms. The van der Waals surface area contributed by atoms with Crippen LogP contribution in [0.3, 0.4) is 0 Å². The molecule has 2 heterocycles. The molecule has 3 aromatic rings. The van der Waals surface area contributed by atoms with Crippen LogP contribution < -0.4 is 14.8 Å². The number of alkyl halides is 3. The van der Waals surface area contributed by atoms with Crippen LogP contribution in [0.2, 0.25) is 0 Å². The molecule has 1 aliphatic rings. The van der Waals surface area contributed by atoms with Gasteiger partial charge in [0.15, 0.2) is 11.5 Å². The maximum absolute atomic E-state index is 13.0. The van der Waals surface area contributed by atoms with Gasteiger partial charge in [-0.1, -0.05) is 6.07 Å². The van der Waals surface area contributed by atoms with Crippen molar-refractivity contribution in [1.29, 1.82) is 0 Å². The van der Waals surface area contributed by atoms with Crippen molar-refractivity contribution < 1.29 is 27.4 Å². The number of hydrogen-bond donors (Lipinski definition) is 1. The van der Waals surface area contributed by atoms with E-state index in [4.69, 9.17) is 14.2 Å². The monoisotopic (exact) mass is 476 g/mol. The minimum atomic E-state index is -4.50. The number of aryl methyl sites for hydroxylation is 1. The number of pyridine rings is 1. The summed E-state index contributed by atoms with van der Waals surface area (Å²) in [4.78, 5) is 12.6. The molecule has 1 N–H and O–H groups in total. The van der Waals surface area contributed by atoms with E-state index in [1.807, 2.05) is 6.92 Å². The molecule has 4 rings (SSSR count). The molecular formula is C24H27F3N4O3. The number of nitrogens with one attached hydrogen (secondary N) is 1. The van der Waals surface area contributed by atoms with Gasteiger partial charge in [-0.2, -0.15) is 13.2 Å². The largest absolute Gasteiger partial charge is 0.493 e. The van der Waals surface area contributed by atoms with Gasteiger partial charge < -0.3 is 19.5 Å². The molecular weight excluding hydrogens is 449 g/mol. The van der Waals surface area contributed by atoms with Crippen molar-refractivity contribution in [2.75, 3.05) is 26.1 Å². The molecule has 1 saturated carbocycles. The normalized spacial score (nSPS) is 15.7. The van der Waals surface area contributed by atoms with Gasteiger partial charge in [0.05, 0.1) is 37.6 Å². The first-order valence-electron chi connectivity index (χ1n) is 10.9. The molecule has 1 unspecified atom stereocenters. The fourth-order valence-electron chi connectivity index (χ4n) is 3.87. The van der Waals surface area contributed by atoms with E-state index in [9.17, 15) is 13.2 Å². The van der Waals surface area contributed by atoms with Crippen molar-refractivity contribution >= 4 is 16.7 Å². The van der Waals surface area contributed by atoms with Crippen LogP contribution in [0.25, 0.3) is 10.9 Å². The van der Waals surface area contributed by atoms with E-state index < -0.39 is 11.9 Å². The molecule has 0 radical (unpaired) electrons. The summed E-state index contributed by atoms with van der Waals surface area (Å²) in [6, 6.07) is 7.37. The van der Waals surface area contributed by atoms with Crippen molar-refractivity contribution in [2.45, 2.75) is 45.5 Å². The number of aromatic nitrogens is 3. The highest BCUT2D eigenvalue weighted by molar-refractivity contribution is 5.91. The van der Waals surface area contributed by atoms with Gasteiger partial charge >= 0.3 is 6.18 Å². The lowest BCUT2D eigenvalue weighted by atomic mass is 10.0. The van der Waals surface area contributed by atoms with E-state index in [2.05, 4.69) is 20.3 Å². The lowest BCUT2D eigenvalue weighted by Crippen LogP contribution is -2.27. The first kappa shape index (κ1) is 24.0. The molecule has 1 aliphatic carbocycles. The van der Waals surface area contributed by atoms with Gasteiger partial charge in [0.1, 0.15) is 17.3 Å². The number of hydrogen-bond acceptors (Lipinski definition) is 7. The van der Waals surface area contributed by atoms with Gasteiger partial charge in [0.2, 0.25) is 0 Å². The second kappa shape index (κ2) is 9.25. The first-order valence-corrected chi connectivity index (χ1v) is 10.9. The summed E-state index contributed by atoms with van der Waals surface area (Å²) < 4.78 is 56.2. The van der Waals surface area contributed by atoms with Crippen molar-refractivity contribution in [3.63, 3.8) is 0 Å². The van der Waals surface area contributed by atoms with Gasteiger partial charge in [-0.3, -0.25) is 0 Å². The molecule has 0 bridgehead atoms. The molecule has 7 nitrogen and oxygen atoms in total. The molecule has 1 fully saturated rings. The molecule has 0 saturated heterocycles. The Bertz CT molecular complexity index is 1180. The molecule has 0 spiro atoms. The number of rotatable bonds is 9. The van der Waals surface area contributed by atoms with E-state index in [1.165, 1.54) is 12.1 Å². The van der Waals surface area contributed by atoms with Crippen LogP contribution in [0.1, 0.15) is 37.0 Å². The number of ether oxygens (including phenoxy) is 3. The van der Waals surface area contributed by atoms with Crippen molar-refractivity contribution in [1.82, 2.24) is 15.0 Å². The van der Waals surface area contributed by atoms with Crippen molar-refractivity contribution in [3.05, 3.63) is 47.5 Å². The van der Waals surface area contributed by atoms with Gasteiger partial charge in [-0.05, 0) is 44.9 Å². The Balaban J connectivity index is 1.61. The third kappa shape index (κ3) is 5.01. The van der Waals surface area contributed by atoms with Crippen LogP contribution in [-0.4, -0.2) is 41.9 Å². The maximum atomic E-state index is 13.0. The van der Waals surface area contributed by atoms with E-state index in [0.717, 1.165) is 18.9 Å². The number of fused-ring (bicyclic) bond motifs is 1. The summed E-state index contributed by atoms with van der Waals surface area (Å²) in [5, 5.41) is 3.77. The van der Waals surface area contributed by atoms with Crippen LogP contribution in [-0.2, 0) is 17.5 Å². The standard InChI is InChI=1S/C24H27F3N4O3/c1-14(32-3)23(8-9-23)13-34-20-10-17-18(11-19(20)33-4)29-15(2)30-22(17)28-12-16-6-5-7-21(31-16)24(25,26)27/h5-7,10-11,14H,8-9,12-13H2,1-4H3,(H,28,29,30). The maximum Gasteiger partial charge on any atom is 0.433 e. The van der Waals surface area contributed by atoms with Crippen molar-refractivity contribution in [2.24, 2.45) is 5.41 Å². The number of anilines is 1. The second-order valence-electron chi connectivity index (χ2n) is 8.53. The molecule has 0 aliphatic heterocycles. The Morgan fingerprint density at radius 1 is 1.09 bits per heavy atom. The summed E-state index contributed by atoms with van der Waals surface area (Å²) >= 11 is 0. The lowest BCUT2D eigenvalue weighted by molar-refractivity contribution is -0.141. The zero-order chi connectivity index (χ0) is 24.5. The second-order valence-corrected chi connectivity index (χ2v) is 8.53. The first-order chi connectivity index (χ1) is 16.1. The molecule has 10 heteroatoms. The number of methoxy groups -OCH3 is 2. The predicted octanol–water partition coefficient (Wildman–Crippen LogP) is 5.17. The van der Waals surface area contributed by atoms with Crippen LogP contribution in [0, 0.1) is 12.3 Å². The minimum Gasteiger partial charge on any atom is -0.493 e. The third-order valence-electron chi connectivity index (χ3n) is 6.25. The summed E-state index contributed by atoms with van der Waals surface area (Å²) in [7, 11) is 3.25. The van der Waals surface area contributed by atoms with Gasteiger partial charge in [-0.25, -0.2) is 15.0 Å². The van der Waals surface area contributed by atoms with Crippen LogP contribution in [0.5, 0.6) is 11.5 Å². The Hall–Kier alpha value is -3.14. The van der Waals surface area contributed by atoms with Gasteiger partial charge in [0, 0.05) is 24.0 Å². The van der Waals surface area contributed by atoms with E-state index in [0.29, 0.717) is 40.7 Å². The minimum absolute atomic E-state index is 0.0191. The average molecular weight is 476 g/mol. The quantitative estimate of drug-likeness (QED) is 0.457. The summed E-state index contributed by atoms with van der Waals surface area (Å²) in [6.45, 7) is 4.32. The number of halogens is 3. The van der Waals surface area contributed by atoms with Gasteiger partial charge in [0.25, 0.3) is 0 Å². The molecule has 1 aromatic carbocycles. The predicted molar refractivity (Wildman–Crippen MR) is 121 cm³/mol. The Morgan fingerprint density at radius 3 is 2.50 bits per heavy atom. The van der Waals surface area contributed by atoms with Crippen LogP contribution >= 0.6 is 0 Å². The summed E-state index contributed by atoms with van der Waals surface area (Å²) in [6.07, 6.45) is -2.38. The van der Waals surface area contributed by atoms with Crippen LogP contribution in [0.4, 0.5) is 19.0 Å². The highest BCUT2D eigenvalue weighted by Gasteiger charge is 2.48. The highest BCUT2D eigenvalue weighted by atomic mass is 19.4. The SMILES string of the molecule is COc1cc2nc(C)nc(NCc3cccc(C(F)(F)F)n3)c2cc1OCC1(C(C)OC)CC1. The Labute approximate surface area is 195 Å². The highest BCUT2D eigenvalue weighted by Crippen LogP contribution is 2.50. The van der Waals surface area contributed by atoms with E-state index >= 15 is 0 Å². The molecule has 1 atom stereocenters. The average Bonchev–Trinajstić information content (AvgIpc) is 3.61. The van der Waals surface area contributed by atoms with Gasteiger partial charge in [-0.15, -0.1) is 0 Å². The Morgan fingerprint density at radius 2 is 1.85 bits per heavy atom.